The van der Waals surface area contributed by atoms with Crippen LogP contribution >= 0.6 is 12.4 Å². The molecule has 8 nitrogen and oxygen atoms in total. The van der Waals surface area contributed by atoms with E-state index in [0.29, 0.717) is 17.3 Å². The van der Waals surface area contributed by atoms with Gasteiger partial charge < -0.3 is 15.0 Å². The van der Waals surface area contributed by atoms with Crippen molar-refractivity contribution in [3.8, 4) is 5.75 Å². The summed E-state index contributed by atoms with van der Waals surface area (Å²) in [6.45, 7) is 2.01. The Balaban J connectivity index is 0.00000280. The smallest absolute Gasteiger partial charge is 0.250 e. The summed E-state index contributed by atoms with van der Waals surface area (Å²) >= 11 is 0. The molecular formula is C18H25ClN4O4S. The van der Waals surface area contributed by atoms with E-state index in [1.807, 2.05) is 0 Å². The minimum absolute atomic E-state index is 0. The van der Waals surface area contributed by atoms with E-state index in [1.54, 1.807) is 31.2 Å². The molecule has 0 amide bonds. The van der Waals surface area contributed by atoms with Gasteiger partial charge in [-0.15, -0.1) is 12.4 Å². The monoisotopic (exact) mass is 428 g/mol. The number of methoxy groups -OCH3 is 1. The number of hydrogen-bond donors (Lipinski definition) is 2. The van der Waals surface area contributed by atoms with Crippen LogP contribution in [0.5, 0.6) is 5.75 Å². The number of nitrogens with zero attached hydrogens (tertiary/aromatic N) is 2. The molecule has 0 atom stereocenters. The zero-order valence-corrected chi connectivity index (χ0v) is 17.5. The van der Waals surface area contributed by atoms with Crippen molar-refractivity contribution in [2.75, 3.05) is 13.7 Å². The maximum absolute atomic E-state index is 12.4. The number of nitrogens with two attached hydrogens (primary N) is 1. The van der Waals surface area contributed by atoms with Crippen molar-refractivity contribution >= 4 is 34.6 Å². The molecular weight excluding hydrogens is 404 g/mol. The summed E-state index contributed by atoms with van der Waals surface area (Å²) in [5.41, 5.74) is 6.48. The summed E-state index contributed by atoms with van der Waals surface area (Å²) in [6.07, 6.45) is 7.16. The first kappa shape index (κ1) is 22.4. The standard InChI is InChI=1S/C18H24N4O4S.ClH/c1-3-20-27(23,24)15-12-13(6-8-14(15)25-2)7-9-16-21-17(22-26-16)18(19)10-4-5-11-18;/h6-9,12,20H,3-5,10-11,19H2,1-2H3;1H/b9-7+;. The quantitative estimate of drug-likeness (QED) is 0.695. The first-order chi connectivity index (χ1) is 12.9. The highest BCUT2D eigenvalue weighted by atomic mass is 35.5. The van der Waals surface area contributed by atoms with E-state index in [2.05, 4.69) is 14.9 Å². The van der Waals surface area contributed by atoms with Gasteiger partial charge in [-0.3, -0.25) is 0 Å². The van der Waals surface area contributed by atoms with Gasteiger partial charge in [-0.1, -0.05) is 31.0 Å². The molecule has 3 N–H and O–H groups in total. The van der Waals surface area contributed by atoms with Crippen molar-refractivity contribution < 1.29 is 17.7 Å². The van der Waals surface area contributed by atoms with Crippen LogP contribution in [0.15, 0.2) is 27.6 Å². The number of benzene rings is 1. The van der Waals surface area contributed by atoms with E-state index in [0.717, 1.165) is 25.7 Å². The van der Waals surface area contributed by atoms with Crippen molar-refractivity contribution in [1.29, 1.82) is 0 Å². The van der Waals surface area contributed by atoms with Gasteiger partial charge in [0, 0.05) is 12.6 Å². The Morgan fingerprint density at radius 3 is 2.68 bits per heavy atom. The van der Waals surface area contributed by atoms with Crippen molar-refractivity contribution in [1.82, 2.24) is 14.9 Å². The SMILES string of the molecule is CCNS(=O)(=O)c1cc(/C=C/c2nc(C3(N)CCCC3)no2)ccc1OC.Cl. The maximum Gasteiger partial charge on any atom is 0.250 e. The zero-order valence-electron chi connectivity index (χ0n) is 15.8. The molecule has 1 aliphatic carbocycles. The van der Waals surface area contributed by atoms with Crippen LogP contribution in [0.1, 0.15) is 49.9 Å². The molecule has 0 bridgehead atoms. The van der Waals surface area contributed by atoms with Crippen molar-refractivity contribution in [3.05, 3.63) is 35.5 Å². The number of hydrogen-bond acceptors (Lipinski definition) is 7. The highest BCUT2D eigenvalue weighted by Gasteiger charge is 2.35. The number of halogens is 1. The van der Waals surface area contributed by atoms with Crippen LogP contribution in [-0.2, 0) is 15.6 Å². The van der Waals surface area contributed by atoms with E-state index in [9.17, 15) is 8.42 Å². The predicted molar refractivity (Wildman–Crippen MR) is 109 cm³/mol. The molecule has 1 fully saturated rings. The molecule has 0 aliphatic heterocycles. The Morgan fingerprint density at radius 2 is 2.04 bits per heavy atom. The van der Waals surface area contributed by atoms with Gasteiger partial charge in [0.05, 0.1) is 12.6 Å². The highest BCUT2D eigenvalue weighted by Crippen LogP contribution is 2.34. The fraction of sp³-hybridized carbons (Fsp3) is 0.444. The Bertz CT molecular complexity index is 937. The Labute approximate surface area is 171 Å². The lowest BCUT2D eigenvalue weighted by Gasteiger charge is -2.17. The van der Waals surface area contributed by atoms with E-state index < -0.39 is 15.6 Å². The second-order valence-corrected chi connectivity index (χ2v) is 8.30. The molecule has 0 unspecified atom stereocenters. The van der Waals surface area contributed by atoms with Crippen LogP contribution in [0, 0.1) is 0 Å². The van der Waals surface area contributed by atoms with Crippen molar-refractivity contribution in [2.24, 2.45) is 5.73 Å². The van der Waals surface area contributed by atoms with Gasteiger partial charge in [0.25, 0.3) is 5.89 Å². The molecule has 154 valence electrons. The van der Waals surface area contributed by atoms with Crippen LogP contribution in [-0.4, -0.2) is 32.2 Å². The largest absolute Gasteiger partial charge is 0.495 e. The molecule has 1 saturated carbocycles. The van der Waals surface area contributed by atoms with Crippen LogP contribution < -0.4 is 15.2 Å². The molecule has 3 rings (SSSR count). The van der Waals surface area contributed by atoms with Crippen molar-refractivity contribution in [2.45, 2.75) is 43.0 Å². The molecule has 1 aliphatic rings. The van der Waals surface area contributed by atoms with E-state index >= 15 is 0 Å². The third-order valence-electron chi connectivity index (χ3n) is 4.61. The Morgan fingerprint density at radius 1 is 1.32 bits per heavy atom. The summed E-state index contributed by atoms with van der Waals surface area (Å²) in [4.78, 5) is 4.44. The Hall–Kier alpha value is -1.94. The third kappa shape index (κ3) is 4.72. The zero-order chi connectivity index (χ0) is 19.5. The average Bonchev–Trinajstić information content (AvgIpc) is 3.30. The molecule has 0 radical (unpaired) electrons. The van der Waals surface area contributed by atoms with Gasteiger partial charge in [0.1, 0.15) is 10.6 Å². The normalized spacial score (nSPS) is 16.2. The molecule has 1 aromatic heterocycles. The summed E-state index contributed by atoms with van der Waals surface area (Å²) in [7, 11) is -2.22. The summed E-state index contributed by atoms with van der Waals surface area (Å²) < 4.78 is 37.6. The van der Waals surface area contributed by atoms with Gasteiger partial charge in [0.2, 0.25) is 10.0 Å². The predicted octanol–water partition coefficient (Wildman–Crippen LogP) is 2.70. The fourth-order valence-corrected chi connectivity index (χ4v) is 4.42. The number of rotatable bonds is 7. The van der Waals surface area contributed by atoms with Crippen molar-refractivity contribution in [3.63, 3.8) is 0 Å². The number of nitrogens with one attached hydrogen (secondary N) is 1. The summed E-state index contributed by atoms with van der Waals surface area (Å²) in [6, 6.07) is 4.89. The molecule has 28 heavy (non-hydrogen) atoms. The van der Waals surface area contributed by atoms with Crippen LogP contribution in [0.2, 0.25) is 0 Å². The molecule has 1 aromatic carbocycles. The summed E-state index contributed by atoms with van der Waals surface area (Å²) in [5.74, 6) is 1.12. The summed E-state index contributed by atoms with van der Waals surface area (Å²) in [5, 5.41) is 4.00. The second kappa shape index (κ2) is 9.04. The first-order valence-corrected chi connectivity index (χ1v) is 10.3. The number of ether oxygens (including phenoxy) is 1. The number of sulfonamides is 1. The first-order valence-electron chi connectivity index (χ1n) is 8.87. The maximum atomic E-state index is 12.4. The van der Waals surface area contributed by atoms with Gasteiger partial charge >= 0.3 is 0 Å². The average molecular weight is 429 g/mol. The van der Waals surface area contributed by atoms with Crippen LogP contribution in [0.4, 0.5) is 0 Å². The van der Waals surface area contributed by atoms with Crippen LogP contribution in [0.3, 0.4) is 0 Å². The molecule has 2 aromatic rings. The lowest BCUT2D eigenvalue weighted by Crippen LogP contribution is -2.34. The topological polar surface area (TPSA) is 120 Å². The minimum Gasteiger partial charge on any atom is -0.495 e. The fourth-order valence-electron chi connectivity index (χ4n) is 3.18. The van der Waals surface area contributed by atoms with Gasteiger partial charge in [-0.05, 0) is 36.6 Å². The van der Waals surface area contributed by atoms with E-state index in [1.165, 1.54) is 13.2 Å². The van der Waals surface area contributed by atoms with Gasteiger partial charge in [0.15, 0.2) is 5.82 Å². The second-order valence-electron chi connectivity index (χ2n) is 6.56. The minimum atomic E-state index is -3.65. The molecule has 0 saturated heterocycles. The van der Waals surface area contributed by atoms with E-state index in [4.69, 9.17) is 15.0 Å². The van der Waals surface area contributed by atoms with Gasteiger partial charge in [-0.2, -0.15) is 4.98 Å². The lowest BCUT2D eigenvalue weighted by atomic mass is 9.99. The van der Waals surface area contributed by atoms with Gasteiger partial charge in [-0.25, -0.2) is 13.1 Å². The Kier molecular flexibility index (Phi) is 7.22. The van der Waals surface area contributed by atoms with E-state index in [-0.39, 0.29) is 29.6 Å². The lowest BCUT2D eigenvalue weighted by molar-refractivity contribution is 0.364. The third-order valence-corrected chi connectivity index (χ3v) is 6.18. The highest BCUT2D eigenvalue weighted by molar-refractivity contribution is 7.89. The molecule has 10 heteroatoms. The van der Waals surface area contributed by atoms with Crippen LogP contribution in [0.25, 0.3) is 12.2 Å². The number of aromatic nitrogens is 2. The molecule has 0 spiro atoms. The molecule has 1 heterocycles.